The van der Waals surface area contributed by atoms with Crippen molar-refractivity contribution >= 4 is 18.0 Å². The number of carbonyl (C=O) groups excluding carboxylic acids is 2. The maximum absolute atomic E-state index is 13.5. The third-order valence-corrected chi connectivity index (χ3v) is 5.81. The molecule has 0 aromatic heterocycles. The Kier molecular flexibility index (Phi) is 9.06. The molecule has 0 saturated heterocycles. The average Bonchev–Trinajstić information content (AvgIpc) is 2.86. The van der Waals surface area contributed by atoms with Gasteiger partial charge in [0.25, 0.3) is 0 Å². The van der Waals surface area contributed by atoms with Crippen LogP contribution in [0, 0.1) is 0 Å². The summed E-state index contributed by atoms with van der Waals surface area (Å²) in [6, 6.07) is 28.4. The van der Waals surface area contributed by atoms with E-state index in [4.69, 9.17) is 4.74 Å². The predicted molar refractivity (Wildman–Crippen MR) is 142 cm³/mol. The second kappa shape index (κ2) is 12.2. The lowest BCUT2D eigenvalue weighted by molar-refractivity contribution is -0.137. The molecular weight excluding hydrogens is 468 g/mol. The molecule has 0 spiro atoms. The molecule has 2 amide bonds. The Bertz CT molecular complexity index is 1080. The van der Waals surface area contributed by atoms with Gasteiger partial charge in [0.05, 0.1) is 6.42 Å². The Labute approximate surface area is 217 Å². The molecule has 0 heterocycles. The lowest BCUT2D eigenvalue weighted by Crippen LogP contribution is -2.48. The minimum atomic E-state index is -1.08. The minimum Gasteiger partial charge on any atom is -0.481 e. The molecule has 7 heteroatoms. The van der Waals surface area contributed by atoms with Crippen molar-refractivity contribution < 1.29 is 24.2 Å². The molecule has 1 atom stereocenters. The molecule has 7 nitrogen and oxygen atoms in total. The van der Waals surface area contributed by atoms with Gasteiger partial charge in [-0.2, -0.15) is 0 Å². The minimum absolute atomic E-state index is 0.00198. The van der Waals surface area contributed by atoms with E-state index in [1.54, 1.807) is 20.8 Å². The quantitative estimate of drug-likeness (QED) is 0.329. The molecule has 0 radical (unpaired) electrons. The topological polar surface area (TPSA) is 105 Å². The molecule has 3 N–H and O–H groups in total. The standard InChI is InChI=1S/C30H34N2O5/c1-29(2,3)37-28(36)31-25(21-27(34)35)19-20-26(33)32-30(22-13-7-4-8-14-22,23-15-9-5-10-16-23)24-17-11-6-12-18-24/h4-18,25H,19-21H2,1-3H3,(H,31,36)(H,32,33)(H,34,35)/t25-/m0/s1. The van der Waals surface area contributed by atoms with Gasteiger partial charge in [-0.05, 0) is 43.9 Å². The number of aliphatic carboxylic acids is 1. The van der Waals surface area contributed by atoms with Crippen LogP contribution in [0.15, 0.2) is 91.0 Å². The van der Waals surface area contributed by atoms with E-state index in [0.717, 1.165) is 16.7 Å². The van der Waals surface area contributed by atoms with Gasteiger partial charge in [0.1, 0.15) is 11.1 Å². The summed E-state index contributed by atoms with van der Waals surface area (Å²) in [5.41, 5.74) is 0.955. The zero-order valence-corrected chi connectivity index (χ0v) is 21.4. The monoisotopic (exact) mass is 502 g/mol. The van der Waals surface area contributed by atoms with E-state index in [-0.39, 0.29) is 25.2 Å². The van der Waals surface area contributed by atoms with Crippen molar-refractivity contribution in [2.45, 2.75) is 57.2 Å². The van der Waals surface area contributed by atoms with Crippen LogP contribution in [-0.2, 0) is 19.9 Å². The summed E-state index contributed by atoms with van der Waals surface area (Å²) in [6.45, 7) is 5.17. The molecule has 0 aliphatic heterocycles. The van der Waals surface area contributed by atoms with Crippen molar-refractivity contribution in [1.29, 1.82) is 0 Å². The number of nitrogens with one attached hydrogen (secondary N) is 2. The van der Waals surface area contributed by atoms with Crippen LogP contribution in [0.5, 0.6) is 0 Å². The summed E-state index contributed by atoms with van der Waals surface area (Å²) in [4.78, 5) is 37.1. The lowest BCUT2D eigenvalue weighted by Gasteiger charge is -2.37. The molecule has 3 rings (SSSR count). The first kappa shape index (κ1) is 27.5. The fraction of sp³-hybridized carbons (Fsp3) is 0.300. The van der Waals surface area contributed by atoms with E-state index in [9.17, 15) is 19.5 Å². The zero-order chi connectivity index (χ0) is 26.9. The zero-order valence-electron chi connectivity index (χ0n) is 21.4. The van der Waals surface area contributed by atoms with Crippen LogP contribution < -0.4 is 10.6 Å². The number of carboxylic acid groups (broad SMARTS) is 1. The van der Waals surface area contributed by atoms with E-state index in [0.29, 0.717) is 0 Å². The summed E-state index contributed by atoms with van der Waals surface area (Å²) in [6.07, 6.45) is -0.909. The summed E-state index contributed by atoms with van der Waals surface area (Å²) in [7, 11) is 0. The van der Waals surface area contributed by atoms with Crippen LogP contribution in [0.1, 0.15) is 56.7 Å². The molecule has 0 aliphatic rings. The molecule has 0 unspecified atom stereocenters. The smallest absolute Gasteiger partial charge is 0.407 e. The van der Waals surface area contributed by atoms with Gasteiger partial charge in [-0.25, -0.2) is 4.79 Å². The molecular formula is C30H34N2O5. The normalized spacial score (nSPS) is 12.3. The highest BCUT2D eigenvalue weighted by Gasteiger charge is 2.37. The highest BCUT2D eigenvalue weighted by molar-refractivity contribution is 5.79. The third kappa shape index (κ3) is 7.67. The number of amides is 2. The molecule has 3 aromatic carbocycles. The van der Waals surface area contributed by atoms with Crippen LogP contribution in [0.2, 0.25) is 0 Å². The molecule has 3 aromatic rings. The van der Waals surface area contributed by atoms with Gasteiger partial charge >= 0.3 is 12.1 Å². The SMILES string of the molecule is CC(C)(C)OC(=O)N[C@@H](CCC(=O)NC(c1ccccc1)(c1ccccc1)c1ccccc1)CC(=O)O. The lowest BCUT2D eigenvalue weighted by atomic mass is 9.77. The van der Waals surface area contributed by atoms with Gasteiger partial charge < -0.3 is 20.5 Å². The van der Waals surface area contributed by atoms with Gasteiger partial charge in [0.15, 0.2) is 0 Å². The molecule has 0 bridgehead atoms. The Balaban J connectivity index is 1.89. The second-order valence-electron chi connectivity index (χ2n) is 9.88. The van der Waals surface area contributed by atoms with Crippen LogP contribution in [0.25, 0.3) is 0 Å². The number of carbonyl (C=O) groups is 3. The number of benzene rings is 3. The van der Waals surface area contributed by atoms with Gasteiger partial charge in [-0.3, -0.25) is 9.59 Å². The summed E-state index contributed by atoms with van der Waals surface area (Å²) >= 11 is 0. The van der Waals surface area contributed by atoms with Crippen molar-refractivity contribution in [2.24, 2.45) is 0 Å². The van der Waals surface area contributed by atoms with Gasteiger partial charge in [-0.1, -0.05) is 91.0 Å². The number of carboxylic acids is 1. The Hall–Kier alpha value is -4.13. The van der Waals surface area contributed by atoms with Crippen molar-refractivity contribution in [1.82, 2.24) is 10.6 Å². The van der Waals surface area contributed by atoms with Crippen molar-refractivity contribution in [3.05, 3.63) is 108 Å². The number of hydrogen-bond acceptors (Lipinski definition) is 4. The third-order valence-electron chi connectivity index (χ3n) is 5.81. The summed E-state index contributed by atoms with van der Waals surface area (Å²) < 4.78 is 5.27. The van der Waals surface area contributed by atoms with Gasteiger partial charge in [-0.15, -0.1) is 0 Å². The van der Waals surface area contributed by atoms with Crippen molar-refractivity contribution in [3.8, 4) is 0 Å². The summed E-state index contributed by atoms with van der Waals surface area (Å²) in [5.74, 6) is -1.35. The van der Waals surface area contributed by atoms with Crippen LogP contribution >= 0.6 is 0 Å². The number of rotatable bonds is 10. The maximum atomic E-state index is 13.5. The molecule has 0 aliphatic carbocycles. The van der Waals surface area contributed by atoms with Crippen LogP contribution in [0.3, 0.4) is 0 Å². The molecule has 37 heavy (non-hydrogen) atoms. The highest BCUT2D eigenvalue weighted by atomic mass is 16.6. The first-order chi connectivity index (χ1) is 17.6. The second-order valence-corrected chi connectivity index (χ2v) is 9.88. The number of hydrogen-bond donors (Lipinski definition) is 3. The first-order valence-corrected chi connectivity index (χ1v) is 12.3. The molecule has 0 saturated carbocycles. The van der Waals surface area contributed by atoms with Gasteiger partial charge in [0, 0.05) is 12.5 Å². The fourth-order valence-corrected chi connectivity index (χ4v) is 4.27. The van der Waals surface area contributed by atoms with E-state index in [1.807, 2.05) is 91.0 Å². The van der Waals surface area contributed by atoms with E-state index >= 15 is 0 Å². The van der Waals surface area contributed by atoms with E-state index < -0.39 is 29.2 Å². The number of ether oxygens (including phenoxy) is 1. The van der Waals surface area contributed by atoms with Crippen molar-refractivity contribution in [3.63, 3.8) is 0 Å². The van der Waals surface area contributed by atoms with Crippen LogP contribution in [0.4, 0.5) is 4.79 Å². The Morgan fingerprint density at radius 1 is 0.784 bits per heavy atom. The Morgan fingerprint density at radius 3 is 1.59 bits per heavy atom. The van der Waals surface area contributed by atoms with Crippen molar-refractivity contribution in [2.75, 3.05) is 0 Å². The highest BCUT2D eigenvalue weighted by Crippen LogP contribution is 2.36. The Morgan fingerprint density at radius 2 is 1.22 bits per heavy atom. The predicted octanol–water partition coefficient (Wildman–Crippen LogP) is 5.24. The molecule has 194 valence electrons. The first-order valence-electron chi connectivity index (χ1n) is 12.3. The van der Waals surface area contributed by atoms with Crippen LogP contribution in [-0.4, -0.2) is 34.7 Å². The van der Waals surface area contributed by atoms with E-state index in [1.165, 1.54) is 0 Å². The maximum Gasteiger partial charge on any atom is 0.407 e. The molecule has 0 fully saturated rings. The van der Waals surface area contributed by atoms with Gasteiger partial charge in [0.2, 0.25) is 5.91 Å². The summed E-state index contributed by atoms with van der Waals surface area (Å²) in [5, 5.41) is 15.2. The average molecular weight is 503 g/mol. The fourth-order valence-electron chi connectivity index (χ4n) is 4.27. The van der Waals surface area contributed by atoms with E-state index in [2.05, 4.69) is 10.6 Å². The number of alkyl carbamates (subject to hydrolysis) is 1. The largest absolute Gasteiger partial charge is 0.481 e.